The summed E-state index contributed by atoms with van der Waals surface area (Å²) in [5.41, 5.74) is 0. The highest BCUT2D eigenvalue weighted by atomic mass is 16.5. The van der Waals surface area contributed by atoms with E-state index in [1.165, 1.54) is 7.11 Å². The van der Waals surface area contributed by atoms with E-state index in [2.05, 4.69) is 10.1 Å². The van der Waals surface area contributed by atoms with Crippen molar-refractivity contribution < 1.29 is 24.2 Å². The van der Waals surface area contributed by atoms with E-state index in [4.69, 9.17) is 5.11 Å². The number of esters is 1. The van der Waals surface area contributed by atoms with Gasteiger partial charge >= 0.3 is 11.9 Å². The fourth-order valence-corrected chi connectivity index (χ4v) is 1.06. The molecule has 0 heterocycles. The first-order valence-electron chi connectivity index (χ1n) is 5.32. The van der Waals surface area contributed by atoms with Crippen LogP contribution in [0.25, 0.3) is 0 Å². The van der Waals surface area contributed by atoms with E-state index >= 15 is 0 Å². The number of hydrogen-bond donors (Lipinski definition) is 2. The molecular weight excluding hydrogens is 226 g/mol. The number of carbonyl (C=O) groups is 3. The summed E-state index contributed by atoms with van der Waals surface area (Å²) in [6, 6.07) is 0. The zero-order valence-corrected chi connectivity index (χ0v) is 9.77. The fourth-order valence-electron chi connectivity index (χ4n) is 1.06. The molecule has 0 radical (unpaired) electrons. The number of unbranched alkanes of at least 4 members (excludes halogenated alkanes) is 2. The molecule has 96 valence electrons. The quantitative estimate of drug-likeness (QED) is 0.367. The largest absolute Gasteiger partial charge is 0.481 e. The number of hydrogen-bond acceptors (Lipinski definition) is 4. The van der Waals surface area contributed by atoms with E-state index in [0.717, 1.165) is 18.6 Å². The lowest BCUT2D eigenvalue weighted by Gasteiger charge is -2.01. The van der Waals surface area contributed by atoms with Crippen LogP contribution < -0.4 is 5.32 Å². The van der Waals surface area contributed by atoms with E-state index < -0.39 is 11.9 Å². The molecule has 0 aromatic carbocycles. The van der Waals surface area contributed by atoms with Crippen LogP contribution >= 0.6 is 0 Å². The van der Waals surface area contributed by atoms with Gasteiger partial charge in [-0.2, -0.15) is 0 Å². The topological polar surface area (TPSA) is 92.7 Å². The van der Waals surface area contributed by atoms with Crippen molar-refractivity contribution in [3.05, 3.63) is 12.2 Å². The zero-order chi connectivity index (χ0) is 13.1. The molecule has 0 rings (SSSR count). The van der Waals surface area contributed by atoms with E-state index in [0.29, 0.717) is 19.4 Å². The van der Waals surface area contributed by atoms with Gasteiger partial charge in [0.2, 0.25) is 5.91 Å². The summed E-state index contributed by atoms with van der Waals surface area (Å²) in [4.78, 5) is 32.0. The summed E-state index contributed by atoms with van der Waals surface area (Å²) in [6.45, 7) is 0.462. The van der Waals surface area contributed by atoms with Crippen LogP contribution in [0.15, 0.2) is 12.2 Å². The van der Waals surface area contributed by atoms with Gasteiger partial charge in [-0.25, -0.2) is 4.79 Å². The summed E-state index contributed by atoms with van der Waals surface area (Å²) in [6.07, 6.45) is 4.35. The third-order valence-electron chi connectivity index (χ3n) is 1.94. The molecule has 0 spiro atoms. The second kappa shape index (κ2) is 9.38. The average Bonchev–Trinajstić information content (AvgIpc) is 2.30. The normalized spacial score (nSPS) is 10.2. The molecule has 0 aliphatic rings. The molecule has 0 aliphatic heterocycles. The average molecular weight is 243 g/mol. The van der Waals surface area contributed by atoms with Crippen LogP contribution in [0.1, 0.15) is 25.7 Å². The van der Waals surface area contributed by atoms with Crippen molar-refractivity contribution in [3.63, 3.8) is 0 Å². The Bertz CT molecular complexity index is 298. The molecule has 6 heteroatoms. The van der Waals surface area contributed by atoms with Crippen LogP contribution in [0, 0.1) is 0 Å². The highest BCUT2D eigenvalue weighted by molar-refractivity contribution is 5.94. The summed E-state index contributed by atoms with van der Waals surface area (Å²) >= 11 is 0. The minimum absolute atomic E-state index is 0.149. The minimum atomic E-state index is -0.810. The van der Waals surface area contributed by atoms with Crippen molar-refractivity contribution in [3.8, 4) is 0 Å². The molecule has 0 bridgehead atoms. The number of aliphatic carboxylic acids is 1. The molecule has 0 aromatic heterocycles. The summed E-state index contributed by atoms with van der Waals surface area (Å²) in [5.74, 6) is -1.76. The Balaban J connectivity index is 3.48. The number of ether oxygens (including phenoxy) is 1. The summed E-state index contributed by atoms with van der Waals surface area (Å²) < 4.78 is 4.32. The molecule has 0 fully saturated rings. The highest BCUT2D eigenvalue weighted by Crippen LogP contribution is 1.98. The number of nitrogens with one attached hydrogen (secondary N) is 1. The van der Waals surface area contributed by atoms with Crippen molar-refractivity contribution in [1.82, 2.24) is 5.32 Å². The van der Waals surface area contributed by atoms with Gasteiger partial charge in [0, 0.05) is 25.1 Å². The minimum Gasteiger partial charge on any atom is -0.481 e. The third-order valence-corrected chi connectivity index (χ3v) is 1.94. The number of rotatable bonds is 8. The molecule has 0 aliphatic carbocycles. The van der Waals surface area contributed by atoms with Gasteiger partial charge in [0.05, 0.1) is 7.11 Å². The van der Waals surface area contributed by atoms with Gasteiger partial charge in [0.1, 0.15) is 0 Å². The van der Waals surface area contributed by atoms with Crippen molar-refractivity contribution in [2.45, 2.75) is 25.7 Å². The molecule has 6 nitrogen and oxygen atoms in total. The monoisotopic (exact) mass is 243 g/mol. The SMILES string of the molecule is COC(=O)/C=C\C(=O)NCCCCCC(=O)O. The lowest BCUT2D eigenvalue weighted by Crippen LogP contribution is -2.22. The van der Waals surface area contributed by atoms with Crippen LogP contribution in [0.3, 0.4) is 0 Å². The van der Waals surface area contributed by atoms with Crippen molar-refractivity contribution in [1.29, 1.82) is 0 Å². The Morgan fingerprint density at radius 2 is 1.88 bits per heavy atom. The van der Waals surface area contributed by atoms with Gasteiger partial charge in [0.25, 0.3) is 0 Å². The van der Waals surface area contributed by atoms with E-state index in [9.17, 15) is 14.4 Å². The number of amides is 1. The first kappa shape index (κ1) is 15.2. The van der Waals surface area contributed by atoms with Crippen LogP contribution in [-0.2, 0) is 19.1 Å². The smallest absolute Gasteiger partial charge is 0.330 e. The highest BCUT2D eigenvalue weighted by Gasteiger charge is 1.99. The van der Waals surface area contributed by atoms with E-state index in [1.807, 2.05) is 0 Å². The molecule has 0 saturated carbocycles. The van der Waals surface area contributed by atoms with Crippen LogP contribution in [0.5, 0.6) is 0 Å². The molecular formula is C11H17NO5. The number of methoxy groups -OCH3 is 1. The molecule has 0 atom stereocenters. The second-order valence-corrected chi connectivity index (χ2v) is 3.35. The van der Waals surface area contributed by atoms with Crippen molar-refractivity contribution >= 4 is 17.8 Å². The molecule has 0 saturated heterocycles. The Morgan fingerprint density at radius 1 is 1.18 bits per heavy atom. The van der Waals surface area contributed by atoms with Crippen LogP contribution in [-0.4, -0.2) is 36.6 Å². The molecule has 2 N–H and O–H groups in total. The first-order valence-corrected chi connectivity index (χ1v) is 5.32. The van der Waals surface area contributed by atoms with Gasteiger partial charge in [0.15, 0.2) is 0 Å². The standard InChI is InChI=1S/C11H17NO5/c1-17-11(16)7-6-9(13)12-8-4-2-3-5-10(14)15/h6-7H,2-5,8H2,1H3,(H,12,13)(H,14,15)/b7-6-. The maximum Gasteiger partial charge on any atom is 0.330 e. The molecule has 17 heavy (non-hydrogen) atoms. The zero-order valence-electron chi connectivity index (χ0n) is 9.77. The Morgan fingerprint density at radius 3 is 2.47 bits per heavy atom. The first-order chi connectivity index (χ1) is 8.06. The molecule has 0 unspecified atom stereocenters. The third kappa shape index (κ3) is 10.4. The van der Waals surface area contributed by atoms with Crippen molar-refractivity contribution in [2.75, 3.05) is 13.7 Å². The second-order valence-electron chi connectivity index (χ2n) is 3.35. The van der Waals surface area contributed by atoms with Crippen LogP contribution in [0.4, 0.5) is 0 Å². The fraction of sp³-hybridized carbons (Fsp3) is 0.545. The lowest BCUT2D eigenvalue weighted by atomic mass is 10.2. The number of carboxylic acids is 1. The Hall–Kier alpha value is -1.85. The van der Waals surface area contributed by atoms with Gasteiger partial charge in [-0.3, -0.25) is 9.59 Å². The number of carboxylic acid groups (broad SMARTS) is 1. The summed E-state index contributed by atoms with van der Waals surface area (Å²) in [5, 5.41) is 11.0. The van der Waals surface area contributed by atoms with Crippen molar-refractivity contribution in [2.24, 2.45) is 0 Å². The van der Waals surface area contributed by atoms with Gasteiger partial charge in [-0.1, -0.05) is 6.42 Å². The van der Waals surface area contributed by atoms with E-state index in [1.54, 1.807) is 0 Å². The summed E-state index contributed by atoms with van der Waals surface area (Å²) in [7, 11) is 1.23. The van der Waals surface area contributed by atoms with Gasteiger partial charge < -0.3 is 15.2 Å². The maximum absolute atomic E-state index is 11.1. The Labute approximate surface area is 99.6 Å². The predicted molar refractivity (Wildman–Crippen MR) is 60.3 cm³/mol. The maximum atomic E-state index is 11.1. The van der Waals surface area contributed by atoms with Gasteiger partial charge in [-0.15, -0.1) is 0 Å². The predicted octanol–water partition coefficient (Wildman–Crippen LogP) is 0.477. The Kier molecular flexibility index (Phi) is 8.36. The molecule has 1 amide bonds. The van der Waals surface area contributed by atoms with Crippen LogP contribution in [0.2, 0.25) is 0 Å². The van der Waals surface area contributed by atoms with Gasteiger partial charge in [-0.05, 0) is 12.8 Å². The molecule has 0 aromatic rings. The lowest BCUT2D eigenvalue weighted by molar-refractivity contribution is -0.137. The number of carbonyl (C=O) groups excluding carboxylic acids is 2. The van der Waals surface area contributed by atoms with E-state index in [-0.39, 0.29) is 12.3 Å².